The van der Waals surface area contributed by atoms with E-state index in [0.717, 1.165) is 5.57 Å². The first-order valence-electron chi connectivity index (χ1n) is 28.0. The van der Waals surface area contributed by atoms with Crippen LogP contribution < -0.4 is 5.32 Å². The monoisotopic (exact) mass is 1080 g/mol. The SMILES string of the molecule is CO[C@@H]1C[C@H](C[C@@H](C)[C@@H]2CC(=O)[C@H](C)/C=C(\C)[C@@H](O)[C@@H](OC)C(=O)[C@H](C)C[C@H](C)/C=C/C=CC=C(C)[C@H](OCCO[C@@H]3C[C@H]4C(=O)NC(=O)N4C3)C[C@@H]3CC[C@@H](C)[C@@](O)(O3)C(=O)C(=O)N3CCCC[C@H]3C(=O)O2)CC[C@H]1O. The first-order valence-corrected chi connectivity index (χ1v) is 28.0. The Morgan fingerprint density at radius 3 is 2.27 bits per heavy atom. The van der Waals surface area contributed by atoms with Crippen molar-refractivity contribution >= 4 is 41.2 Å². The molecule has 0 aromatic heterocycles. The molecule has 0 aromatic carbocycles. The number of carbonyl (C=O) groups excluding carboxylic acids is 7. The third kappa shape index (κ3) is 15.7. The molecule has 430 valence electrons. The number of nitrogens with one attached hydrogen (secondary N) is 1. The number of hydrogen-bond acceptors (Lipinski definition) is 16. The number of Topliss-reactive ketones (excluding diaryl/α,β-unsaturated/α-hetero) is 3. The van der Waals surface area contributed by atoms with Crippen molar-refractivity contribution in [3.8, 4) is 0 Å². The Balaban J connectivity index is 1.27. The predicted octanol–water partition coefficient (Wildman–Crippen LogP) is 5.26. The number of imide groups is 1. The number of methoxy groups -OCH3 is 2. The van der Waals surface area contributed by atoms with E-state index < -0.39 is 95.9 Å². The highest BCUT2D eigenvalue weighted by molar-refractivity contribution is 6.39. The van der Waals surface area contributed by atoms with Gasteiger partial charge in [0.25, 0.3) is 17.6 Å². The Morgan fingerprint density at radius 2 is 1.56 bits per heavy atom. The number of nitrogens with zero attached hydrogens (tertiary/aromatic N) is 2. The molecular weight excluding hydrogens is 995 g/mol. The molecule has 0 unspecified atom stereocenters. The van der Waals surface area contributed by atoms with Gasteiger partial charge in [-0.15, -0.1) is 0 Å². The van der Waals surface area contributed by atoms with E-state index >= 15 is 0 Å². The molecule has 77 heavy (non-hydrogen) atoms. The van der Waals surface area contributed by atoms with Crippen LogP contribution in [0.15, 0.2) is 47.6 Å². The lowest BCUT2D eigenvalue weighted by molar-refractivity contribution is -0.266. The normalized spacial score (nSPS) is 38.5. The molecule has 0 spiro atoms. The highest BCUT2D eigenvalue weighted by Gasteiger charge is 2.53. The quantitative estimate of drug-likeness (QED) is 0.0716. The van der Waals surface area contributed by atoms with Gasteiger partial charge in [0.2, 0.25) is 5.79 Å². The first-order chi connectivity index (χ1) is 36.6. The van der Waals surface area contributed by atoms with Gasteiger partial charge in [-0.2, -0.15) is 0 Å². The van der Waals surface area contributed by atoms with E-state index in [1.807, 2.05) is 51.2 Å². The lowest BCUT2D eigenvalue weighted by atomic mass is 9.78. The van der Waals surface area contributed by atoms with E-state index in [4.69, 9.17) is 28.4 Å². The Labute approximate surface area is 454 Å². The second kappa shape index (κ2) is 28.1. The molecular formula is C58H87N3O16. The summed E-state index contributed by atoms with van der Waals surface area (Å²) in [6.45, 7) is 13.1. The maximum atomic E-state index is 14.5. The number of piperidine rings is 1. The molecule has 19 nitrogen and oxygen atoms in total. The lowest BCUT2D eigenvalue weighted by Crippen LogP contribution is -2.61. The number of aliphatic hydroxyl groups excluding tert-OH is 2. The summed E-state index contributed by atoms with van der Waals surface area (Å²) < 4.78 is 36.3. The van der Waals surface area contributed by atoms with Gasteiger partial charge in [0.05, 0.1) is 43.7 Å². The van der Waals surface area contributed by atoms with Crippen LogP contribution >= 0.6 is 0 Å². The summed E-state index contributed by atoms with van der Waals surface area (Å²) in [6.07, 6.45) is 9.95. The van der Waals surface area contributed by atoms with Crippen LogP contribution in [0.4, 0.5) is 4.79 Å². The number of amides is 4. The zero-order valence-electron chi connectivity index (χ0n) is 46.8. The summed E-state index contributed by atoms with van der Waals surface area (Å²) in [5.41, 5.74) is 1.15. The highest BCUT2D eigenvalue weighted by atomic mass is 16.6. The molecule has 0 aromatic rings. The average molecular weight is 1080 g/mol. The van der Waals surface area contributed by atoms with Crippen LogP contribution in [0.2, 0.25) is 0 Å². The Morgan fingerprint density at radius 1 is 0.818 bits per heavy atom. The summed E-state index contributed by atoms with van der Waals surface area (Å²) in [7, 11) is 2.92. The van der Waals surface area contributed by atoms with Crippen molar-refractivity contribution in [2.45, 2.75) is 199 Å². The van der Waals surface area contributed by atoms with Crippen LogP contribution in [0.1, 0.15) is 132 Å². The fourth-order valence-corrected chi connectivity index (χ4v) is 12.1. The molecule has 19 heteroatoms. The van der Waals surface area contributed by atoms with Crippen molar-refractivity contribution < 1.29 is 77.3 Å². The van der Waals surface area contributed by atoms with Gasteiger partial charge in [-0.05, 0) is 107 Å². The predicted molar refractivity (Wildman–Crippen MR) is 282 cm³/mol. The van der Waals surface area contributed by atoms with Gasteiger partial charge in [0.15, 0.2) is 5.78 Å². The van der Waals surface area contributed by atoms with Gasteiger partial charge >= 0.3 is 12.0 Å². The fourth-order valence-electron chi connectivity index (χ4n) is 12.1. The number of carbonyl (C=O) groups is 7. The van der Waals surface area contributed by atoms with Crippen molar-refractivity contribution in [3.63, 3.8) is 0 Å². The van der Waals surface area contributed by atoms with Crippen molar-refractivity contribution in [2.24, 2.45) is 35.5 Å². The molecule has 5 aliphatic heterocycles. The minimum Gasteiger partial charge on any atom is -0.460 e. The molecule has 6 aliphatic rings. The molecule has 1 saturated carbocycles. The molecule has 4 saturated heterocycles. The molecule has 6 rings (SSSR count). The van der Waals surface area contributed by atoms with Gasteiger partial charge in [0, 0.05) is 64.3 Å². The van der Waals surface area contributed by atoms with Crippen LogP contribution in [0, 0.1) is 35.5 Å². The van der Waals surface area contributed by atoms with Crippen molar-refractivity contribution in [2.75, 3.05) is 40.5 Å². The molecule has 0 radical (unpaired) electrons. The number of esters is 1. The van der Waals surface area contributed by atoms with Crippen LogP contribution in [-0.2, 0) is 57.2 Å². The fraction of sp³-hybridized carbons (Fsp3) is 0.741. The van der Waals surface area contributed by atoms with Gasteiger partial charge < -0.3 is 53.5 Å². The second-order valence-corrected chi connectivity index (χ2v) is 22.9. The van der Waals surface area contributed by atoms with E-state index in [-0.39, 0.29) is 93.0 Å². The van der Waals surface area contributed by atoms with Crippen LogP contribution in [0.25, 0.3) is 0 Å². The van der Waals surface area contributed by atoms with E-state index in [9.17, 15) is 48.9 Å². The molecule has 4 N–H and O–H groups in total. The standard InChI is InChI=1S/C58H87N3O16/c1-33-15-11-10-12-16-34(2)47(75-24-23-74-42-29-44-54(67)59-57(70)61(44)32-42)30-41-20-18-39(7)58(71,77-41)53(66)55(68)60-22-14-13-17-43(60)56(69)76-48(36(4)27-40-19-21-45(62)49(28-40)72-8)31-46(63)35(3)26-38(6)51(65)52(73-9)50(64)37(5)25-33/h10-12,15-16,26,33,35-37,39-45,47-49,51-52,62,65,71H,13-14,17-25,27-32H2,1-9H3,(H,59,67,70)/b12-10?,15-11+,34-16?,38-26+/t33-,35-,36-,37-,39-,40+,41+,42-,43+,44+,45-,47-,48+,49-,51-,52+,58-/m1/s1. The zero-order chi connectivity index (χ0) is 56.3. The van der Waals surface area contributed by atoms with Crippen molar-refractivity contribution in [3.05, 3.63) is 47.6 Å². The van der Waals surface area contributed by atoms with E-state index in [0.29, 0.717) is 69.8 Å². The maximum Gasteiger partial charge on any atom is 0.329 e. The summed E-state index contributed by atoms with van der Waals surface area (Å²) in [4.78, 5) is 98.7. The molecule has 5 fully saturated rings. The zero-order valence-corrected chi connectivity index (χ0v) is 46.8. The molecule has 17 atom stereocenters. The number of ether oxygens (including phenoxy) is 6. The Bertz CT molecular complexity index is 2210. The van der Waals surface area contributed by atoms with E-state index in [1.165, 1.54) is 16.9 Å². The number of rotatable bonds is 10. The Hall–Kier alpha value is -4.47. The largest absolute Gasteiger partial charge is 0.460 e. The van der Waals surface area contributed by atoms with E-state index in [1.54, 1.807) is 40.9 Å². The maximum absolute atomic E-state index is 14.5. The summed E-state index contributed by atoms with van der Waals surface area (Å²) in [5, 5.41) is 36.6. The molecule has 5 heterocycles. The minimum atomic E-state index is -2.53. The number of ketones is 3. The number of aliphatic hydroxyl groups is 3. The lowest BCUT2D eigenvalue weighted by Gasteiger charge is -2.43. The minimum absolute atomic E-state index is 0.0417. The average Bonchev–Trinajstić information content (AvgIpc) is 3.97. The van der Waals surface area contributed by atoms with Gasteiger partial charge in [0.1, 0.15) is 36.2 Å². The molecule has 4 amide bonds. The van der Waals surface area contributed by atoms with Gasteiger partial charge in [-0.1, -0.05) is 71.1 Å². The van der Waals surface area contributed by atoms with Crippen molar-refractivity contribution in [1.82, 2.24) is 15.1 Å². The number of urea groups is 1. The Kier molecular flexibility index (Phi) is 22.5. The number of fused-ring (bicyclic) bond motifs is 4. The van der Waals surface area contributed by atoms with Gasteiger partial charge in [-0.3, -0.25) is 29.3 Å². The van der Waals surface area contributed by atoms with Crippen LogP contribution in [-0.4, -0.2) is 174 Å². The number of hydrogen-bond donors (Lipinski definition) is 4. The number of allylic oxidation sites excluding steroid dienone is 6. The third-order valence-electron chi connectivity index (χ3n) is 17.0. The topological polar surface area (TPSA) is 254 Å². The molecule has 2 bridgehead atoms. The highest BCUT2D eigenvalue weighted by Crippen LogP contribution is 2.38. The summed E-state index contributed by atoms with van der Waals surface area (Å²) in [5.74, 6) is -8.88. The van der Waals surface area contributed by atoms with Gasteiger partial charge in [-0.25, -0.2) is 9.59 Å². The third-order valence-corrected chi connectivity index (χ3v) is 17.0. The van der Waals surface area contributed by atoms with E-state index in [2.05, 4.69) is 5.32 Å². The van der Waals surface area contributed by atoms with Crippen LogP contribution in [0.3, 0.4) is 0 Å². The smallest absolute Gasteiger partial charge is 0.329 e. The first kappa shape index (κ1) is 61.7. The number of cyclic esters (lactones) is 1. The van der Waals surface area contributed by atoms with Crippen molar-refractivity contribution in [1.29, 1.82) is 0 Å². The molecule has 1 aliphatic carbocycles. The second-order valence-electron chi connectivity index (χ2n) is 22.9. The summed E-state index contributed by atoms with van der Waals surface area (Å²) in [6, 6.07) is -2.20. The van der Waals surface area contributed by atoms with Crippen LogP contribution in [0.5, 0.6) is 0 Å². The summed E-state index contributed by atoms with van der Waals surface area (Å²) >= 11 is 0.